The summed E-state index contributed by atoms with van der Waals surface area (Å²) in [5.41, 5.74) is 7.68. The Balaban J connectivity index is 1.12. The largest absolute Gasteiger partial charge is 0.508 e. The standard InChI is InChI=1S/C73H91N11O17/c1-72(2,3)100-62(88)41-59(69(95)81-56(64(74)90)38-46-20-10-7-11-21-46)82-66(92)55(80-68(94)58(40-50-42-77-53-27-17-16-26-52(50)53)83-70(96)99-45-49-24-14-9-15-25-49)29-19-37-76-61(87)35-34-60(86)75-36-18-28-54(65(91)78-43-63(89)98-44-48-22-12-8-13-23-48)79-67(93)57(84-71(97)101-73(4,5)6)39-47-30-32-51(85)33-31-47/h7-17,20-27,30-33,42,54-59,77,85H,18-19,28-29,34-41,43-45H2,1-6H3,(H2,74,90)(H,75,86)(H,76,87)(H,78,91)(H,79,93)(H,80,94)(H,81,95)(H,82,92)(H,83,96)(H,84,97)/t54-,55-,56-,57-,58-,59-/m0/s1. The quantitative estimate of drug-likeness (QED) is 0.0143. The van der Waals surface area contributed by atoms with Crippen LogP contribution in [0.15, 0.2) is 146 Å². The first-order chi connectivity index (χ1) is 48.1. The number of rotatable bonds is 37. The molecule has 0 saturated heterocycles. The highest BCUT2D eigenvalue weighted by atomic mass is 16.6. The molecule has 0 aliphatic carbocycles. The summed E-state index contributed by atoms with van der Waals surface area (Å²) in [4.78, 5) is 166. The number of hydrogen-bond acceptors (Lipinski definition) is 17. The molecule has 28 nitrogen and oxygen atoms in total. The Hall–Kier alpha value is -11.3. The number of H-pyrrole nitrogens is 1. The highest BCUT2D eigenvalue weighted by Gasteiger charge is 2.35. The van der Waals surface area contributed by atoms with Gasteiger partial charge in [0.05, 0.1) is 6.42 Å². The number of phenolic OH excluding ortho intramolecular Hbond substituents is 1. The number of carbonyl (C=O) groups is 12. The minimum atomic E-state index is -1.71. The molecule has 0 radical (unpaired) electrons. The van der Waals surface area contributed by atoms with Crippen molar-refractivity contribution in [2.45, 2.75) is 166 Å². The molecule has 540 valence electrons. The summed E-state index contributed by atoms with van der Waals surface area (Å²) < 4.78 is 21.7. The molecule has 1 heterocycles. The second-order valence-corrected chi connectivity index (χ2v) is 25.9. The normalized spacial score (nSPS) is 13.0. The maximum absolute atomic E-state index is 14.7. The Labute approximate surface area is 585 Å². The van der Waals surface area contributed by atoms with Crippen LogP contribution in [0, 0.1) is 0 Å². The van der Waals surface area contributed by atoms with Gasteiger partial charge < -0.3 is 82.6 Å². The summed E-state index contributed by atoms with van der Waals surface area (Å²) >= 11 is 0. The number of amides is 10. The van der Waals surface area contributed by atoms with Gasteiger partial charge in [-0.05, 0) is 113 Å². The molecule has 0 aliphatic rings. The van der Waals surface area contributed by atoms with Crippen LogP contribution in [0.4, 0.5) is 9.59 Å². The van der Waals surface area contributed by atoms with Gasteiger partial charge in [0.25, 0.3) is 0 Å². The van der Waals surface area contributed by atoms with Crippen molar-refractivity contribution in [2.24, 2.45) is 5.73 Å². The number of nitrogens with one attached hydrogen (secondary N) is 10. The predicted molar refractivity (Wildman–Crippen MR) is 371 cm³/mol. The van der Waals surface area contributed by atoms with Crippen molar-refractivity contribution in [1.82, 2.24) is 52.8 Å². The number of phenols is 1. The highest BCUT2D eigenvalue weighted by Crippen LogP contribution is 2.21. The first-order valence-electron chi connectivity index (χ1n) is 33.1. The molecular formula is C73H91N11O17. The van der Waals surface area contributed by atoms with Crippen LogP contribution < -0.4 is 53.6 Å². The molecule has 28 heteroatoms. The van der Waals surface area contributed by atoms with Gasteiger partial charge in [-0.15, -0.1) is 0 Å². The smallest absolute Gasteiger partial charge is 0.408 e. The lowest BCUT2D eigenvalue weighted by atomic mass is 10.0. The average Bonchev–Trinajstić information content (AvgIpc) is 1.72. The van der Waals surface area contributed by atoms with E-state index in [2.05, 4.69) is 52.8 Å². The van der Waals surface area contributed by atoms with Crippen LogP contribution in [-0.4, -0.2) is 149 Å². The summed E-state index contributed by atoms with van der Waals surface area (Å²) in [6.45, 7) is 8.77. The number of nitrogens with two attached hydrogens (primary N) is 1. The Kier molecular flexibility index (Phi) is 30.6. The van der Waals surface area contributed by atoms with Gasteiger partial charge >= 0.3 is 24.1 Å². The Bertz CT molecular complexity index is 3770. The number of para-hydroxylation sites is 1. The number of benzene rings is 5. The van der Waals surface area contributed by atoms with E-state index >= 15 is 0 Å². The third-order valence-corrected chi connectivity index (χ3v) is 15.1. The topological polar surface area (TPSA) is 412 Å². The molecule has 0 fully saturated rings. The minimum absolute atomic E-state index is 0.0194. The summed E-state index contributed by atoms with van der Waals surface area (Å²) in [6.07, 6.45) is -2.09. The highest BCUT2D eigenvalue weighted by molar-refractivity contribution is 5.97. The molecule has 101 heavy (non-hydrogen) atoms. The van der Waals surface area contributed by atoms with E-state index in [1.807, 2.05) is 18.2 Å². The zero-order chi connectivity index (χ0) is 73.5. The number of hydrogen-bond donors (Lipinski definition) is 12. The Morgan fingerprint density at radius 2 is 0.891 bits per heavy atom. The summed E-state index contributed by atoms with van der Waals surface area (Å²) in [7, 11) is 0. The van der Waals surface area contributed by atoms with E-state index in [-0.39, 0.29) is 89.8 Å². The molecule has 0 saturated carbocycles. The van der Waals surface area contributed by atoms with Gasteiger partial charge in [0.15, 0.2) is 0 Å². The third kappa shape index (κ3) is 29.3. The van der Waals surface area contributed by atoms with Gasteiger partial charge in [-0.25, -0.2) is 9.59 Å². The van der Waals surface area contributed by atoms with Crippen molar-refractivity contribution in [3.05, 3.63) is 174 Å². The molecule has 6 rings (SSSR count). The number of aromatic nitrogens is 1. The van der Waals surface area contributed by atoms with Crippen molar-refractivity contribution in [3.8, 4) is 5.75 Å². The van der Waals surface area contributed by atoms with Gasteiger partial charge in [-0.3, -0.25) is 47.9 Å². The second-order valence-electron chi connectivity index (χ2n) is 25.9. The van der Waals surface area contributed by atoms with Crippen LogP contribution in [-0.2, 0) is 99.4 Å². The molecule has 10 amide bonds. The van der Waals surface area contributed by atoms with E-state index in [0.717, 1.165) is 10.9 Å². The number of aromatic hydroxyl groups is 1. The second kappa shape index (κ2) is 39.3. The van der Waals surface area contributed by atoms with Gasteiger partial charge in [0.2, 0.25) is 47.3 Å². The van der Waals surface area contributed by atoms with Crippen molar-refractivity contribution in [3.63, 3.8) is 0 Å². The molecule has 0 spiro atoms. The number of aromatic amines is 1. The number of primary amides is 1. The number of carbonyl (C=O) groups excluding carboxylic acids is 12. The van der Waals surface area contributed by atoms with Crippen molar-refractivity contribution >= 4 is 82.3 Å². The van der Waals surface area contributed by atoms with Crippen molar-refractivity contribution < 1.29 is 81.6 Å². The Morgan fingerprint density at radius 1 is 0.446 bits per heavy atom. The molecule has 1 aromatic heterocycles. The third-order valence-electron chi connectivity index (χ3n) is 15.1. The van der Waals surface area contributed by atoms with E-state index in [1.54, 1.807) is 157 Å². The number of alkyl carbamates (subject to hydrolysis) is 2. The first-order valence-corrected chi connectivity index (χ1v) is 33.1. The van der Waals surface area contributed by atoms with Crippen LogP contribution in [0.2, 0.25) is 0 Å². The average molecular weight is 1390 g/mol. The molecule has 6 atom stereocenters. The SMILES string of the molecule is CC(C)(C)OC(=O)C[C@H](NC(=O)[C@H](CCCNC(=O)CCC(=O)NCCC[C@H](NC(=O)[C@H](Cc1ccc(O)cc1)NC(=O)OC(C)(C)C)C(=O)NCC(=O)OCc1ccccc1)NC(=O)[C@H](Cc1c[nH]c2ccccc12)NC(=O)OCc1ccccc1)C(=O)N[C@@H](Cc1ccccc1)C(N)=O. The number of ether oxygens (including phenoxy) is 4. The van der Waals surface area contributed by atoms with Crippen LogP contribution in [0.5, 0.6) is 5.75 Å². The van der Waals surface area contributed by atoms with E-state index in [0.29, 0.717) is 27.8 Å². The summed E-state index contributed by atoms with van der Waals surface area (Å²) in [5.74, 6) is -8.19. The molecule has 0 aliphatic heterocycles. The van der Waals surface area contributed by atoms with Crippen LogP contribution in [0.1, 0.15) is 114 Å². The minimum Gasteiger partial charge on any atom is -0.508 e. The van der Waals surface area contributed by atoms with Crippen LogP contribution >= 0.6 is 0 Å². The fourth-order valence-corrected chi connectivity index (χ4v) is 10.2. The van der Waals surface area contributed by atoms with Gasteiger partial charge in [-0.2, -0.15) is 0 Å². The predicted octanol–water partition coefficient (Wildman–Crippen LogP) is 4.68. The molecular weight excluding hydrogens is 1300 g/mol. The van der Waals surface area contributed by atoms with Crippen LogP contribution in [0.3, 0.4) is 0 Å². The van der Waals surface area contributed by atoms with Crippen molar-refractivity contribution in [2.75, 3.05) is 19.6 Å². The van der Waals surface area contributed by atoms with Gasteiger partial charge in [-0.1, -0.05) is 121 Å². The van der Waals surface area contributed by atoms with E-state index in [1.165, 1.54) is 12.1 Å². The Morgan fingerprint density at radius 3 is 1.45 bits per heavy atom. The molecule has 0 unspecified atom stereocenters. The lowest BCUT2D eigenvalue weighted by Crippen LogP contribution is -2.59. The van der Waals surface area contributed by atoms with Crippen LogP contribution in [0.25, 0.3) is 10.9 Å². The molecule has 0 bridgehead atoms. The molecule has 5 aromatic carbocycles. The fourth-order valence-electron chi connectivity index (χ4n) is 10.2. The van der Waals surface area contributed by atoms with E-state index in [4.69, 9.17) is 24.7 Å². The number of fused-ring (bicyclic) bond motifs is 1. The summed E-state index contributed by atoms with van der Waals surface area (Å²) in [6, 6.07) is 30.9. The monoisotopic (exact) mass is 1390 g/mol. The number of esters is 2. The van der Waals surface area contributed by atoms with Gasteiger partial charge in [0.1, 0.15) is 73.0 Å². The molecule has 6 aromatic rings. The van der Waals surface area contributed by atoms with E-state index < -0.39 is 132 Å². The lowest BCUT2D eigenvalue weighted by molar-refractivity contribution is -0.156. The maximum Gasteiger partial charge on any atom is 0.408 e. The van der Waals surface area contributed by atoms with Gasteiger partial charge in [0, 0.05) is 62.3 Å². The summed E-state index contributed by atoms with van der Waals surface area (Å²) in [5, 5.41) is 34.1. The molecule has 13 N–H and O–H groups in total. The fraction of sp³-hybridized carbons (Fsp3) is 0.397. The first kappa shape index (κ1) is 78.7. The maximum atomic E-state index is 14.7. The zero-order valence-electron chi connectivity index (χ0n) is 57.5. The lowest BCUT2D eigenvalue weighted by Gasteiger charge is -2.27. The van der Waals surface area contributed by atoms with Crippen molar-refractivity contribution in [1.29, 1.82) is 0 Å². The zero-order valence-corrected chi connectivity index (χ0v) is 57.5. The van der Waals surface area contributed by atoms with E-state index in [9.17, 15) is 62.6 Å².